The van der Waals surface area contributed by atoms with Crippen molar-refractivity contribution >= 4 is 33.6 Å². The summed E-state index contributed by atoms with van der Waals surface area (Å²) in [5.74, 6) is -0.604. The molecule has 0 fully saturated rings. The average Bonchev–Trinajstić information content (AvgIpc) is 2.46. The van der Waals surface area contributed by atoms with Gasteiger partial charge in [0.1, 0.15) is 5.03 Å². The second-order valence-corrected chi connectivity index (χ2v) is 6.53. The van der Waals surface area contributed by atoms with Crippen molar-refractivity contribution in [3.63, 3.8) is 0 Å². The number of thioether (sulfide) groups is 1. The smallest absolute Gasteiger partial charge is 0.345 e. The van der Waals surface area contributed by atoms with Crippen LogP contribution in [0.5, 0.6) is 0 Å². The molecule has 0 spiro atoms. The van der Waals surface area contributed by atoms with Crippen molar-refractivity contribution in [1.29, 1.82) is 0 Å². The number of benzene rings is 1. The molecule has 8 heteroatoms. The van der Waals surface area contributed by atoms with Crippen molar-refractivity contribution < 1.29 is 18.0 Å². The number of hydrogen-bond donors (Lipinski definition) is 1. The number of aromatic nitrogens is 1. The standard InChI is InChI=1S/C15H12BrF3N2OS/c1-9(10-5-2-3-7-12(10)16)21-13(22)11-6-4-8-20-14(11)23-15(17,18)19/h2-9H,1H3,(H,21,22). The number of pyridine rings is 1. The lowest BCUT2D eigenvalue weighted by atomic mass is 10.1. The Morgan fingerprint density at radius 2 is 1.96 bits per heavy atom. The van der Waals surface area contributed by atoms with Crippen molar-refractivity contribution in [1.82, 2.24) is 10.3 Å². The molecule has 0 aliphatic carbocycles. The van der Waals surface area contributed by atoms with Crippen LogP contribution in [0.1, 0.15) is 28.9 Å². The van der Waals surface area contributed by atoms with Crippen molar-refractivity contribution in [3.05, 3.63) is 58.2 Å². The van der Waals surface area contributed by atoms with E-state index in [0.717, 1.165) is 10.0 Å². The highest BCUT2D eigenvalue weighted by molar-refractivity contribution is 9.10. The summed E-state index contributed by atoms with van der Waals surface area (Å²) in [6, 6.07) is 9.68. The van der Waals surface area contributed by atoms with Crippen LogP contribution in [0.3, 0.4) is 0 Å². The van der Waals surface area contributed by atoms with E-state index in [2.05, 4.69) is 26.2 Å². The molecule has 0 aliphatic heterocycles. The fraction of sp³-hybridized carbons (Fsp3) is 0.200. The number of nitrogens with one attached hydrogen (secondary N) is 1. The molecule has 0 bridgehead atoms. The lowest BCUT2D eigenvalue weighted by molar-refractivity contribution is -0.0329. The lowest BCUT2D eigenvalue weighted by Crippen LogP contribution is -2.27. The van der Waals surface area contributed by atoms with Crippen LogP contribution in [-0.2, 0) is 0 Å². The molecule has 0 aliphatic rings. The molecule has 3 nitrogen and oxygen atoms in total. The van der Waals surface area contributed by atoms with Crippen LogP contribution >= 0.6 is 27.7 Å². The van der Waals surface area contributed by atoms with Crippen molar-refractivity contribution in [2.45, 2.75) is 23.5 Å². The summed E-state index contributed by atoms with van der Waals surface area (Å²) in [5.41, 5.74) is -3.78. The van der Waals surface area contributed by atoms with Crippen LogP contribution in [0, 0.1) is 0 Å². The molecule has 1 aromatic carbocycles. The zero-order chi connectivity index (χ0) is 17.0. The molecular formula is C15H12BrF3N2OS. The first-order valence-corrected chi connectivity index (χ1v) is 8.15. The zero-order valence-corrected chi connectivity index (χ0v) is 14.3. The molecule has 0 radical (unpaired) electrons. The number of amides is 1. The predicted molar refractivity (Wildman–Crippen MR) is 86.2 cm³/mol. The van der Waals surface area contributed by atoms with Gasteiger partial charge in [0.05, 0.1) is 11.6 Å². The van der Waals surface area contributed by atoms with Crippen molar-refractivity contribution in [2.75, 3.05) is 0 Å². The highest BCUT2D eigenvalue weighted by atomic mass is 79.9. The van der Waals surface area contributed by atoms with Gasteiger partial charge in [-0.05, 0) is 30.7 Å². The van der Waals surface area contributed by atoms with Gasteiger partial charge in [0.2, 0.25) is 0 Å². The Bertz CT molecular complexity index is 709. The van der Waals surface area contributed by atoms with Crippen molar-refractivity contribution in [2.24, 2.45) is 0 Å². The second kappa shape index (κ2) is 7.35. The molecule has 2 aromatic rings. The molecule has 1 aromatic heterocycles. The number of hydrogen-bond acceptors (Lipinski definition) is 3. The lowest BCUT2D eigenvalue weighted by Gasteiger charge is -2.17. The number of nitrogens with zero attached hydrogens (tertiary/aromatic N) is 1. The van der Waals surface area contributed by atoms with E-state index in [4.69, 9.17) is 0 Å². The molecule has 23 heavy (non-hydrogen) atoms. The topological polar surface area (TPSA) is 42.0 Å². The van der Waals surface area contributed by atoms with E-state index in [9.17, 15) is 18.0 Å². The highest BCUT2D eigenvalue weighted by Gasteiger charge is 2.32. The predicted octanol–water partition coefficient (Wildman–Crippen LogP) is 4.95. The van der Waals surface area contributed by atoms with E-state index in [1.54, 1.807) is 6.92 Å². The Hall–Kier alpha value is -1.54. The number of carbonyl (C=O) groups excluding carboxylic acids is 1. The van der Waals surface area contributed by atoms with Crippen LogP contribution in [-0.4, -0.2) is 16.4 Å². The number of halogens is 4. The third-order valence-electron chi connectivity index (χ3n) is 2.95. The second-order valence-electron chi connectivity index (χ2n) is 4.62. The summed E-state index contributed by atoms with van der Waals surface area (Å²) in [5, 5.41) is 2.33. The van der Waals surface area contributed by atoms with Crippen LogP contribution in [0.4, 0.5) is 13.2 Å². The van der Waals surface area contributed by atoms with E-state index in [0.29, 0.717) is 0 Å². The normalized spacial score (nSPS) is 12.7. The fourth-order valence-electron chi connectivity index (χ4n) is 1.93. The fourth-order valence-corrected chi connectivity index (χ4v) is 3.16. The first kappa shape index (κ1) is 17.8. The van der Waals surface area contributed by atoms with Gasteiger partial charge in [0, 0.05) is 22.4 Å². The first-order chi connectivity index (χ1) is 10.8. The van der Waals surface area contributed by atoms with Gasteiger partial charge in [-0.3, -0.25) is 4.79 Å². The molecule has 1 unspecified atom stereocenters. The molecule has 2 rings (SSSR count). The Morgan fingerprint density at radius 1 is 1.26 bits per heavy atom. The minimum Gasteiger partial charge on any atom is -0.345 e. The molecule has 1 N–H and O–H groups in total. The molecule has 1 atom stereocenters. The van der Waals surface area contributed by atoms with Crippen molar-refractivity contribution in [3.8, 4) is 0 Å². The minimum absolute atomic E-state index is 0.103. The van der Waals surface area contributed by atoms with Gasteiger partial charge in [-0.25, -0.2) is 4.98 Å². The maximum absolute atomic E-state index is 12.6. The Labute approximate surface area is 143 Å². The van der Waals surface area contributed by atoms with E-state index in [1.807, 2.05) is 24.3 Å². The van der Waals surface area contributed by atoms with E-state index in [-0.39, 0.29) is 16.6 Å². The summed E-state index contributed by atoms with van der Waals surface area (Å²) in [6.07, 6.45) is 1.22. The summed E-state index contributed by atoms with van der Waals surface area (Å²) in [6.45, 7) is 1.75. The van der Waals surface area contributed by atoms with E-state index < -0.39 is 23.2 Å². The highest BCUT2D eigenvalue weighted by Crippen LogP contribution is 2.37. The van der Waals surface area contributed by atoms with Gasteiger partial charge < -0.3 is 5.32 Å². The van der Waals surface area contributed by atoms with Crippen LogP contribution in [0.2, 0.25) is 0 Å². The van der Waals surface area contributed by atoms with Gasteiger partial charge in [-0.15, -0.1) is 0 Å². The molecule has 1 heterocycles. The first-order valence-electron chi connectivity index (χ1n) is 6.54. The minimum atomic E-state index is -4.50. The van der Waals surface area contributed by atoms with E-state index in [1.165, 1.54) is 18.3 Å². The SMILES string of the molecule is CC(NC(=O)c1cccnc1SC(F)(F)F)c1ccccc1Br. The monoisotopic (exact) mass is 404 g/mol. The summed E-state index contributed by atoms with van der Waals surface area (Å²) in [7, 11) is 0. The third-order valence-corrected chi connectivity index (χ3v) is 4.42. The quantitative estimate of drug-likeness (QED) is 0.733. The van der Waals surface area contributed by atoms with Gasteiger partial charge >= 0.3 is 5.51 Å². The Kier molecular flexibility index (Phi) is 5.69. The largest absolute Gasteiger partial charge is 0.447 e. The summed E-state index contributed by atoms with van der Waals surface area (Å²) >= 11 is 2.98. The van der Waals surface area contributed by atoms with Gasteiger partial charge in [0.15, 0.2) is 0 Å². The Balaban J connectivity index is 2.20. The number of rotatable bonds is 4. The zero-order valence-electron chi connectivity index (χ0n) is 11.9. The maximum Gasteiger partial charge on any atom is 0.447 e. The number of alkyl halides is 3. The summed E-state index contributed by atoms with van der Waals surface area (Å²) in [4.78, 5) is 16.0. The van der Waals surface area contributed by atoms with E-state index >= 15 is 0 Å². The van der Waals surface area contributed by atoms with Crippen LogP contribution in [0.15, 0.2) is 52.1 Å². The van der Waals surface area contributed by atoms with Gasteiger partial charge in [-0.2, -0.15) is 13.2 Å². The summed E-state index contributed by atoms with van der Waals surface area (Å²) < 4.78 is 38.5. The van der Waals surface area contributed by atoms with Crippen LogP contribution in [0.25, 0.3) is 0 Å². The molecule has 1 amide bonds. The van der Waals surface area contributed by atoms with Crippen LogP contribution < -0.4 is 5.32 Å². The molecular weight excluding hydrogens is 393 g/mol. The Morgan fingerprint density at radius 3 is 2.61 bits per heavy atom. The molecule has 122 valence electrons. The van der Waals surface area contributed by atoms with Gasteiger partial charge in [0.25, 0.3) is 5.91 Å². The number of carbonyl (C=O) groups is 1. The molecule has 0 saturated carbocycles. The molecule has 0 saturated heterocycles. The average molecular weight is 405 g/mol. The maximum atomic E-state index is 12.6. The van der Waals surface area contributed by atoms with Gasteiger partial charge in [-0.1, -0.05) is 34.1 Å². The third kappa shape index (κ3) is 4.97.